The molecule has 24 heavy (non-hydrogen) atoms. The van der Waals surface area contributed by atoms with Crippen molar-refractivity contribution in [2.45, 2.75) is 20.5 Å². The van der Waals surface area contributed by atoms with Gasteiger partial charge in [0.2, 0.25) is 0 Å². The van der Waals surface area contributed by atoms with Crippen LogP contribution in [-0.4, -0.2) is 17.4 Å². The van der Waals surface area contributed by atoms with E-state index in [4.69, 9.17) is 12.2 Å². The second-order valence-corrected chi connectivity index (χ2v) is 5.36. The number of halogens is 2. The standard InChI is InChI=1S/C17H17F2N3OS/c1-11-7-3-5-9-14(11)20-17(24)22-21-12(2)13-8-4-6-10-15(13)23-16(18)19/h3-10,16H,1-2H3,(H2,20,22,24)/b21-12-. The summed E-state index contributed by atoms with van der Waals surface area (Å²) in [5, 5.41) is 7.45. The monoisotopic (exact) mass is 349 g/mol. The maximum atomic E-state index is 12.4. The second kappa shape index (κ2) is 8.35. The average molecular weight is 349 g/mol. The highest BCUT2D eigenvalue weighted by Crippen LogP contribution is 2.21. The van der Waals surface area contributed by atoms with Crippen molar-refractivity contribution in [3.8, 4) is 5.75 Å². The summed E-state index contributed by atoms with van der Waals surface area (Å²) < 4.78 is 29.4. The van der Waals surface area contributed by atoms with Crippen molar-refractivity contribution in [3.05, 3.63) is 59.7 Å². The summed E-state index contributed by atoms with van der Waals surface area (Å²) in [5.74, 6) is 0.0633. The van der Waals surface area contributed by atoms with E-state index in [1.165, 1.54) is 6.07 Å². The Morgan fingerprint density at radius 2 is 1.79 bits per heavy atom. The zero-order chi connectivity index (χ0) is 17.5. The van der Waals surface area contributed by atoms with Crippen LogP contribution >= 0.6 is 12.2 Å². The molecule has 2 rings (SSSR count). The molecule has 0 amide bonds. The predicted molar refractivity (Wildman–Crippen MR) is 95.8 cm³/mol. The zero-order valence-corrected chi connectivity index (χ0v) is 14.0. The van der Waals surface area contributed by atoms with Crippen LogP contribution in [0.4, 0.5) is 14.5 Å². The largest absolute Gasteiger partial charge is 0.434 e. The van der Waals surface area contributed by atoms with E-state index in [0.717, 1.165) is 11.3 Å². The number of para-hydroxylation sites is 2. The molecule has 0 spiro atoms. The van der Waals surface area contributed by atoms with Crippen molar-refractivity contribution < 1.29 is 13.5 Å². The molecule has 0 aliphatic heterocycles. The average Bonchev–Trinajstić information content (AvgIpc) is 2.55. The molecular weight excluding hydrogens is 332 g/mol. The molecule has 0 bridgehead atoms. The first-order valence-electron chi connectivity index (χ1n) is 7.18. The Kier molecular flexibility index (Phi) is 6.20. The van der Waals surface area contributed by atoms with E-state index >= 15 is 0 Å². The molecular formula is C17H17F2N3OS. The van der Waals surface area contributed by atoms with Gasteiger partial charge in [-0.1, -0.05) is 30.3 Å². The van der Waals surface area contributed by atoms with Gasteiger partial charge in [0.1, 0.15) is 5.75 Å². The highest BCUT2D eigenvalue weighted by Gasteiger charge is 2.11. The molecule has 0 saturated carbocycles. The molecule has 4 nitrogen and oxygen atoms in total. The summed E-state index contributed by atoms with van der Waals surface area (Å²) in [6.45, 7) is 0.741. The number of alkyl halides is 2. The Morgan fingerprint density at radius 3 is 2.50 bits per heavy atom. The third kappa shape index (κ3) is 4.99. The first-order chi connectivity index (χ1) is 11.5. The number of hydrogen-bond donors (Lipinski definition) is 2. The van der Waals surface area contributed by atoms with Gasteiger partial charge in [-0.15, -0.1) is 0 Å². The van der Waals surface area contributed by atoms with Crippen LogP contribution in [0.2, 0.25) is 0 Å². The number of hydrogen-bond acceptors (Lipinski definition) is 3. The normalized spacial score (nSPS) is 11.3. The van der Waals surface area contributed by atoms with Crippen molar-refractivity contribution in [1.82, 2.24) is 5.43 Å². The molecule has 7 heteroatoms. The SMILES string of the molecule is C/C(=N/NC(=S)Nc1ccccc1C)c1ccccc1OC(F)F. The summed E-state index contributed by atoms with van der Waals surface area (Å²) >= 11 is 5.19. The Bertz CT molecular complexity index is 750. The summed E-state index contributed by atoms with van der Waals surface area (Å²) in [7, 11) is 0. The molecule has 0 heterocycles. The lowest BCUT2D eigenvalue weighted by molar-refractivity contribution is -0.0499. The summed E-state index contributed by atoms with van der Waals surface area (Å²) in [6.07, 6.45) is 0. The van der Waals surface area contributed by atoms with Gasteiger partial charge >= 0.3 is 6.61 Å². The molecule has 0 saturated heterocycles. The van der Waals surface area contributed by atoms with E-state index in [2.05, 4.69) is 20.6 Å². The van der Waals surface area contributed by atoms with Gasteiger partial charge < -0.3 is 10.1 Å². The maximum absolute atomic E-state index is 12.4. The van der Waals surface area contributed by atoms with Crippen LogP contribution in [0.15, 0.2) is 53.6 Å². The third-order valence-electron chi connectivity index (χ3n) is 3.21. The number of nitrogens with one attached hydrogen (secondary N) is 2. The number of hydrazone groups is 1. The highest BCUT2D eigenvalue weighted by molar-refractivity contribution is 7.80. The van der Waals surface area contributed by atoms with Crippen molar-refractivity contribution in [2.24, 2.45) is 5.10 Å². The molecule has 0 fully saturated rings. The van der Waals surface area contributed by atoms with E-state index in [1.807, 2.05) is 31.2 Å². The van der Waals surface area contributed by atoms with Crippen LogP contribution in [0, 0.1) is 6.92 Å². The van der Waals surface area contributed by atoms with Gasteiger partial charge in [0.15, 0.2) is 5.11 Å². The van der Waals surface area contributed by atoms with E-state index in [1.54, 1.807) is 25.1 Å². The fourth-order valence-corrected chi connectivity index (χ4v) is 2.18. The van der Waals surface area contributed by atoms with Gasteiger partial charge in [-0.05, 0) is 49.8 Å². The maximum Gasteiger partial charge on any atom is 0.387 e. The Labute approximate surface area is 144 Å². The number of anilines is 1. The Morgan fingerprint density at radius 1 is 1.12 bits per heavy atom. The minimum atomic E-state index is -2.89. The molecule has 0 radical (unpaired) electrons. The molecule has 0 aromatic heterocycles. The van der Waals surface area contributed by atoms with E-state index in [9.17, 15) is 8.78 Å². The van der Waals surface area contributed by atoms with Gasteiger partial charge in [0, 0.05) is 11.3 Å². The first kappa shape index (κ1) is 17.8. The van der Waals surface area contributed by atoms with Gasteiger partial charge in [-0.25, -0.2) is 0 Å². The van der Waals surface area contributed by atoms with Crippen LogP contribution < -0.4 is 15.5 Å². The molecule has 2 N–H and O–H groups in total. The molecule has 2 aromatic carbocycles. The quantitative estimate of drug-likeness (QED) is 0.480. The summed E-state index contributed by atoms with van der Waals surface area (Å²) in [6, 6.07) is 14.1. The molecule has 0 atom stereocenters. The van der Waals surface area contributed by atoms with E-state index in [-0.39, 0.29) is 5.75 Å². The van der Waals surface area contributed by atoms with Crippen molar-refractivity contribution in [3.63, 3.8) is 0 Å². The molecule has 0 aliphatic carbocycles. The van der Waals surface area contributed by atoms with Crippen molar-refractivity contribution in [1.29, 1.82) is 0 Å². The molecule has 0 unspecified atom stereocenters. The molecule has 126 valence electrons. The fourth-order valence-electron chi connectivity index (χ4n) is 2.02. The summed E-state index contributed by atoms with van der Waals surface area (Å²) in [5.41, 5.74) is 5.54. The topological polar surface area (TPSA) is 45.7 Å². The van der Waals surface area contributed by atoms with Crippen molar-refractivity contribution in [2.75, 3.05) is 5.32 Å². The number of benzene rings is 2. The molecule has 0 aliphatic rings. The van der Waals surface area contributed by atoms with Gasteiger partial charge in [-0.3, -0.25) is 5.43 Å². The first-order valence-corrected chi connectivity index (χ1v) is 7.59. The van der Waals surface area contributed by atoms with Crippen molar-refractivity contribution >= 4 is 28.7 Å². The van der Waals surface area contributed by atoms with E-state index < -0.39 is 6.61 Å². The predicted octanol–water partition coefficient (Wildman–Crippen LogP) is 4.31. The Hall–Kier alpha value is -2.54. The Balaban J connectivity index is 2.06. The fraction of sp³-hybridized carbons (Fsp3) is 0.176. The molecule has 2 aromatic rings. The van der Waals surface area contributed by atoms with Crippen LogP contribution in [0.1, 0.15) is 18.1 Å². The zero-order valence-electron chi connectivity index (χ0n) is 13.2. The van der Waals surface area contributed by atoms with Crippen LogP contribution in [0.3, 0.4) is 0 Å². The lowest BCUT2D eigenvalue weighted by atomic mass is 10.1. The minimum Gasteiger partial charge on any atom is -0.434 e. The highest BCUT2D eigenvalue weighted by atomic mass is 32.1. The van der Waals surface area contributed by atoms with Gasteiger partial charge in [-0.2, -0.15) is 13.9 Å². The van der Waals surface area contributed by atoms with Gasteiger partial charge in [0.25, 0.3) is 0 Å². The van der Waals surface area contributed by atoms with Crippen LogP contribution in [0.5, 0.6) is 5.75 Å². The lowest BCUT2D eigenvalue weighted by Gasteiger charge is -2.12. The number of thiocarbonyl (C=S) groups is 1. The second-order valence-electron chi connectivity index (χ2n) is 4.95. The van der Waals surface area contributed by atoms with Crippen LogP contribution in [-0.2, 0) is 0 Å². The smallest absolute Gasteiger partial charge is 0.387 e. The van der Waals surface area contributed by atoms with Crippen LogP contribution in [0.25, 0.3) is 0 Å². The van der Waals surface area contributed by atoms with E-state index in [0.29, 0.717) is 16.4 Å². The number of aryl methyl sites for hydroxylation is 1. The lowest BCUT2D eigenvalue weighted by Crippen LogP contribution is -2.25. The summed E-state index contributed by atoms with van der Waals surface area (Å²) in [4.78, 5) is 0. The minimum absolute atomic E-state index is 0.0633. The number of rotatable bonds is 5. The van der Waals surface area contributed by atoms with Gasteiger partial charge in [0.05, 0.1) is 5.71 Å². The number of nitrogens with zero attached hydrogens (tertiary/aromatic N) is 1. The third-order valence-corrected chi connectivity index (χ3v) is 3.40. The number of ether oxygens (including phenoxy) is 1.